The first-order chi connectivity index (χ1) is 8.59. The molecule has 0 aromatic carbocycles. The number of carboxylic acid groups (broad SMARTS) is 1. The molecule has 2 saturated heterocycles. The van der Waals surface area contributed by atoms with Gasteiger partial charge in [0, 0.05) is 31.7 Å². The van der Waals surface area contributed by atoms with E-state index in [2.05, 4.69) is 0 Å². The quantitative estimate of drug-likeness (QED) is 0.820. The number of ether oxygens (including phenoxy) is 1. The third-order valence-electron chi connectivity index (χ3n) is 4.03. The number of hydrogen-bond acceptors (Lipinski definition) is 3. The Hall–Kier alpha value is -1.10. The molecule has 2 fully saturated rings. The van der Waals surface area contributed by atoms with Crippen LogP contribution in [0, 0.1) is 11.8 Å². The van der Waals surface area contributed by atoms with E-state index in [-0.39, 0.29) is 30.2 Å². The molecule has 2 heterocycles. The molecule has 0 spiro atoms. The number of carbonyl (C=O) groups excluding carboxylic acids is 1. The molecule has 0 aromatic rings. The molecule has 18 heavy (non-hydrogen) atoms. The zero-order valence-corrected chi connectivity index (χ0v) is 10.8. The highest BCUT2D eigenvalue weighted by atomic mass is 16.5. The summed E-state index contributed by atoms with van der Waals surface area (Å²) in [5, 5.41) is 8.88. The third kappa shape index (κ3) is 2.83. The molecule has 3 atom stereocenters. The van der Waals surface area contributed by atoms with Crippen LogP contribution in [0.3, 0.4) is 0 Å². The average molecular weight is 255 g/mol. The molecule has 0 aromatic heterocycles. The summed E-state index contributed by atoms with van der Waals surface area (Å²) in [5.74, 6) is -0.445. The Bertz CT molecular complexity index is 331. The number of amides is 1. The Kier molecular flexibility index (Phi) is 4.22. The van der Waals surface area contributed by atoms with Crippen molar-refractivity contribution in [3.05, 3.63) is 0 Å². The number of aliphatic carboxylic acids is 1. The predicted molar refractivity (Wildman–Crippen MR) is 65.1 cm³/mol. The molecule has 0 bridgehead atoms. The lowest BCUT2D eigenvalue weighted by Crippen LogP contribution is -2.44. The van der Waals surface area contributed by atoms with Gasteiger partial charge in [0.25, 0.3) is 0 Å². The molecule has 0 radical (unpaired) electrons. The van der Waals surface area contributed by atoms with Crippen molar-refractivity contribution in [3.8, 4) is 0 Å². The topological polar surface area (TPSA) is 66.8 Å². The number of likely N-dealkylation sites (tertiary alicyclic amines) is 1. The van der Waals surface area contributed by atoms with Crippen LogP contribution in [0.1, 0.15) is 32.6 Å². The van der Waals surface area contributed by atoms with Crippen LogP contribution in [0.4, 0.5) is 0 Å². The van der Waals surface area contributed by atoms with Crippen molar-refractivity contribution < 1.29 is 19.4 Å². The third-order valence-corrected chi connectivity index (χ3v) is 4.03. The fraction of sp³-hybridized carbons (Fsp3) is 0.846. The highest BCUT2D eigenvalue weighted by Gasteiger charge is 2.37. The van der Waals surface area contributed by atoms with Gasteiger partial charge < -0.3 is 14.7 Å². The van der Waals surface area contributed by atoms with Gasteiger partial charge in [-0.1, -0.05) is 6.92 Å². The van der Waals surface area contributed by atoms with Crippen LogP contribution in [0.15, 0.2) is 0 Å². The van der Waals surface area contributed by atoms with E-state index in [1.54, 1.807) is 4.90 Å². The minimum absolute atomic E-state index is 0.00754. The van der Waals surface area contributed by atoms with Crippen molar-refractivity contribution in [1.82, 2.24) is 4.90 Å². The number of carboxylic acids is 1. The van der Waals surface area contributed by atoms with Crippen LogP contribution in [0.5, 0.6) is 0 Å². The van der Waals surface area contributed by atoms with Gasteiger partial charge in [0.1, 0.15) is 0 Å². The fourth-order valence-electron chi connectivity index (χ4n) is 3.00. The van der Waals surface area contributed by atoms with Gasteiger partial charge in [0.05, 0.1) is 6.42 Å². The smallest absolute Gasteiger partial charge is 0.305 e. The van der Waals surface area contributed by atoms with Gasteiger partial charge in [-0.15, -0.1) is 0 Å². The van der Waals surface area contributed by atoms with E-state index < -0.39 is 5.97 Å². The van der Waals surface area contributed by atoms with Gasteiger partial charge in [-0.05, 0) is 25.2 Å². The molecule has 0 saturated carbocycles. The number of carbonyl (C=O) groups is 2. The largest absolute Gasteiger partial charge is 0.481 e. The summed E-state index contributed by atoms with van der Waals surface area (Å²) in [6, 6.07) is -0.106. The van der Waals surface area contributed by atoms with Gasteiger partial charge >= 0.3 is 5.97 Å². The molecule has 3 unspecified atom stereocenters. The van der Waals surface area contributed by atoms with E-state index in [9.17, 15) is 9.59 Å². The van der Waals surface area contributed by atoms with E-state index in [0.29, 0.717) is 19.8 Å². The lowest BCUT2D eigenvalue weighted by atomic mass is 9.88. The monoisotopic (exact) mass is 255 g/mol. The van der Waals surface area contributed by atoms with Gasteiger partial charge in [0.2, 0.25) is 5.91 Å². The Labute approximate surface area is 107 Å². The summed E-state index contributed by atoms with van der Waals surface area (Å²) in [6.45, 7) is 4.01. The highest BCUT2D eigenvalue weighted by molar-refractivity contribution is 5.80. The Morgan fingerprint density at radius 2 is 2.17 bits per heavy atom. The Morgan fingerprint density at radius 3 is 2.83 bits per heavy atom. The van der Waals surface area contributed by atoms with Crippen molar-refractivity contribution >= 4 is 11.9 Å². The average Bonchev–Trinajstić information content (AvgIpc) is 2.76. The van der Waals surface area contributed by atoms with Crippen LogP contribution in [-0.2, 0) is 14.3 Å². The minimum Gasteiger partial charge on any atom is -0.481 e. The van der Waals surface area contributed by atoms with Crippen molar-refractivity contribution in [1.29, 1.82) is 0 Å². The summed E-state index contributed by atoms with van der Waals surface area (Å²) < 4.78 is 5.35. The first-order valence-corrected chi connectivity index (χ1v) is 6.69. The molecule has 2 aliphatic heterocycles. The number of hydrogen-bond donors (Lipinski definition) is 1. The Balaban J connectivity index is 2.00. The van der Waals surface area contributed by atoms with E-state index in [1.807, 2.05) is 6.92 Å². The van der Waals surface area contributed by atoms with Crippen LogP contribution in [0.25, 0.3) is 0 Å². The zero-order chi connectivity index (χ0) is 13.1. The maximum atomic E-state index is 12.5. The minimum atomic E-state index is -0.820. The summed E-state index contributed by atoms with van der Waals surface area (Å²) in [5.41, 5.74) is 0. The summed E-state index contributed by atoms with van der Waals surface area (Å²) >= 11 is 0. The lowest BCUT2D eigenvalue weighted by Gasteiger charge is -2.33. The molecule has 102 valence electrons. The first-order valence-electron chi connectivity index (χ1n) is 6.69. The molecule has 1 amide bonds. The molecule has 1 N–H and O–H groups in total. The molecule has 5 nitrogen and oxygen atoms in total. The summed E-state index contributed by atoms with van der Waals surface area (Å²) in [6.07, 6.45) is 2.57. The van der Waals surface area contributed by atoms with Gasteiger partial charge in [-0.2, -0.15) is 0 Å². The molecule has 2 aliphatic rings. The molecular weight excluding hydrogens is 234 g/mol. The molecule has 2 rings (SSSR count). The van der Waals surface area contributed by atoms with E-state index in [1.165, 1.54) is 0 Å². The Morgan fingerprint density at radius 1 is 1.39 bits per heavy atom. The molecular formula is C13H21NO4. The van der Waals surface area contributed by atoms with Gasteiger partial charge in [-0.25, -0.2) is 0 Å². The van der Waals surface area contributed by atoms with E-state index >= 15 is 0 Å². The number of rotatable bonds is 3. The second kappa shape index (κ2) is 5.69. The van der Waals surface area contributed by atoms with Gasteiger partial charge in [0.15, 0.2) is 0 Å². The second-order valence-electron chi connectivity index (χ2n) is 5.37. The molecule has 0 aliphatic carbocycles. The van der Waals surface area contributed by atoms with Crippen molar-refractivity contribution in [2.75, 3.05) is 19.8 Å². The second-order valence-corrected chi connectivity index (χ2v) is 5.37. The van der Waals surface area contributed by atoms with Crippen molar-refractivity contribution in [3.63, 3.8) is 0 Å². The van der Waals surface area contributed by atoms with Crippen LogP contribution >= 0.6 is 0 Å². The standard InChI is InChI=1S/C13H21NO4/c1-9-8-18-6-4-11(9)13(17)14-5-2-3-10(14)7-12(15)16/h9-11H,2-8H2,1H3,(H,15,16). The lowest BCUT2D eigenvalue weighted by molar-refractivity contribution is -0.144. The zero-order valence-electron chi connectivity index (χ0n) is 10.8. The van der Waals surface area contributed by atoms with Crippen molar-refractivity contribution in [2.45, 2.75) is 38.6 Å². The first kappa shape index (κ1) is 13.3. The van der Waals surface area contributed by atoms with E-state index in [4.69, 9.17) is 9.84 Å². The maximum Gasteiger partial charge on any atom is 0.305 e. The van der Waals surface area contributed by atoms with Crippen molar-refractivity contribution in [2.24, 2.45) is 11.8 Å². The van der Waals surface area contributed by atoms with Gasteiger partial charge in [-0.3, -0.25) is 9.59 Å². The fourth-order valence-corrected chi connectivity index (χ4v) is 3.00. The number of nitrogens with zero attached hydrogens (tertiary/aromatic N) is 1. The van der Waals surface area contributed by atoms with Crippen LogP contribution < -0.4 is 0 Å². The normalized spacial score (nSPS) is 32.5. The maximum absolute atomic E-state index is 12.5. The predicted octanol–water partition coefficient (Wildman–Crippen LogP) is 1.12. The van der Waals surface area contributed by atoms with Crippen LogP contribution in [0.2, 0.25) is 0 Å². The summed E-state index contributed by atoms with van der Waals surface area (Å²) in [4.78, 5) is 25.1. The van der Waals surface area contributed by atoms with E-state index in [0.717, 1.165) is 19.3 Å². The SMILES string of the molecule is CC1COCCC1C(=O)N1CCCC1CC(=O)O. The summed E-state index contributed by atoms with van der Waals surface area (Å²) in [7, 11) is 0. The molecule has 5 heteroatoms. The highest BCUT2D eigenvalue weighted by Crippen LogP contribution is 2.28. The van der Waals surface area contributed by atoms with Crippen LogP contribution in [-0.4, -0.2) is 47.7 Å².